The summed E-state index contributed by atoms with van der Waals surface area (Å²) in [7, 11) is 0. The Hall–Kier alpha value is -3.86. The first-order chi connectivity index (χ1) is 13.4. The molecule has 0 saturated carbocycles. The van der Waals surface area contributed by atoms with Gasteiger partial charge in [-0.2, -0.15) is 18.4 Å². The number of hydrogen-bond donors (Lipinski definition) is 2. The van der Waals surface area contributed by atoms with Gasteiger partial charge in [-0.3, -0.25) is 9.78 Å². The highest BCUT2D eigenvalue weighted by Gasteiger charge is 2.33. The molecule has 0 saturated heterocycles. The van der Waals surface area contributed by atoms with Crippen LogP contribution < -0.4 is 10.6 Å². The Kier molecular flexibility index (Phi) is 5.27. The number of anilines is 3. The van der Waals surface area contributed by atoms with E-state index >= 15 is 0 Å². The average Bonchev–Trinajstić information content (AvgIpc) is 2.68. The van der Waals surface area contributed by atoms with Crippen molar-refractivity contribution in [2.24, 2.45) is 0 Å². The fourth-order valence-electron chi connectivity index (χ4n) is 2.51. The Morgan fingerprint density at radius 1 is 1.00 bits per heavy atom. The lowest BCUT2D eigenvalue weighted by Crippen LogP contribution is -2.17. The number of nitrogens with zero attached hydrogens (tertiary/aromatic N) is 2. The molecule has 3 rings (SSSR count). The van der Waals surface area contributed by atoms with Crippen LogP contribution in [0.4, 0.5) is 30.2 Å². The maximum absolute atomic E-state index is 13.1. The van der Waals surface area contributed by atoms with Gasteiger partial charge in [0.2, 0.25) is 0 Å². The Morgan fingerprint density at radius 3 is 2.39 bits per heavy atom. The van der Waals surface area contributed by atoms with Crippen LogP contribution in [-0.2, 0) is 6.18 Å². The zero-order chi connectivity index (χ0) is 20.1. The first-order valence-corrected chi connectivity index (χ1v) is 8.07. The third kappa shape index (κ3) is 4.27. The third-order valence-corrected chi connectivity index (χ3v) is 3.81. The van der Waals surface area contributed by atoms with Crippen LogP contribution in [0.5, 0.6) is 0 Å². The number of para-hydroxylation sites is 2. The second-order valence-electron chi connectivity index (χ2n) is 5.74. The van der Waals surface area contributed by atoms with Gasteiger partial charge in [0.15, 0.2) is 0 Å². The molecular formula is C20H13F3N4O. The first kappa shape index (κ1) is 18.9. The number of nitriles is 1. The van der Waals surface area contributed by atoms with Gasteiger partial charge in [-0.15, -0.1) is 0 Å². The molecule has 3 aromatic rings. The number of alkyl halides is 3. The highest BCUT2D eigenvalue weighted by atomic mass is 19.4. The normalized spacial score (nSPS) is 10.8. The summed E-state index contributed by atoms with van der Waals surface area (Å²) >= 11 is 0. The molecule has 8 heteroatoms. The molecule has 2 N–H and O–H groups in total. The van der Waals surface area contributed by atoms with Gasteiger partial charge >= 0.3 is 6.18 Å². The lowest BCUT2D eigenvalue weighted by molar-refractivity contribution is -0.136. The van der Waals surface area contributed by atoms with E-state index in [1.807, 2.05) is 6.07 Å². The monoisotopic (exact) mass is 382 g/mol. The molecular weight excluding hydrogens is 369 g/mol. The SMILES string of the molecule is N#Cc1ccccc1Nc1cncc(C(=O)Nc2ccccc2C(F)(F)F)c1. The minimum Gasteiger partial charge on any atom is -0.353 e. The molecule has 0 unspecified atom stereocenters. The van der Waals surface area contributed by atoms with Gasteiger partial charge in [0.1, 0.15) is 6.07 Å². The highest BCUT2D eigenvalue weighted by molar-refractivity contribution is 6.05. The van der Waals surface area contributed by atoms with E-state index in [0.717, 1.165) is 6.07 Å². The summed E-state index contributed by atoms with van der Waals surface area (Å²) in [5, 5.41) is 14.4. The van der Waals surface area contributed by atoms with Gasteiger partial charge in [0.05, 0.1) is 39.9 Å². The fourth-order valence-corrected chi connectivity index (χ4v) is 2.51. The van der Waals surface area contributed by atoms with E-state index in [2.05, 4.69) is 15.6 Å². The molecule has 0 radical (unpaired) electrons. The lowest BCUT2D eigenvalue weighted by Gasteiger charge is -2.14. The van der Waals surface area contributed by atoms with Crippen molar-refractivity contribution in [1.82, 2.24) is 4.98 Å². The number of amides is 1. The van der Waals surface area contributed by atoms with Crippen LogP contribution in [0, 0.1) is 11.3 Å². The predicted octanol–water partition coefficient (Wildman–Crippen LogP) is 4.97. The summed E-state index contributed by atoms with van der Waals surface area (Å²) in [6, 6.07) is 15.0. The molecule has 1 heterocycles. The number of hydrogen-bond acceptors (Lipinski definition) is 4. The molecule has 0 bridgehead atoms. The van der Waals surface area contributed by atoms with Crippen molar-refractivity contribution in [3.05, 3.63) is 83.7 Å². The van der Waals surface area contributed by atoms with Crippen molar-refractivity contribution in [1.29, 1.82) is 5.26 Å². The van der Waals surface area contributed by atoms with Crippen LogP contribution in [-0.4, -0.2) is 10.9 Å². The fraction of sp³-hybridized carbons (Fsp3) is 0.0500. The number of pyridine rings is 1. The van der Waals surface area contributed by atoms with Gasteiger partial charge in [-0.1, -0.05) is 24.3 Å². The van der Waals surface area contributed by atoms with Crippen LogP contribution in [0.2, 0.25) is 0 Å². The van der Waals surface area contributed by atoms with Crippen molar-refractivity contribution in [3.8, 4) is 6.07 Å². The summed E-state index contributed by atoms with van der Waals surface area (Å²) in [6.07, 6.45) is -1.91. The minimum atomic E-state index is -4.59. The molecule has 0 spiro atoms. The van der Waals surface area contributed by atoms with E-state index in [9.17, 15) is 18.0 Å². The van der Waals surface area contributed by atoms with E-state index in [-0.39, 0.29) is 11.3 Å². The van der Waals surface area contributed by atoms with E-state index in [0.29, 0.717) is 16.9 Å². The van der Waals surface area contributed by atoms with Crippen molar-refractivity contribution in [3.63, 3.8) is 0 Å². The molecule has 2 aromatic carbocycles. The molecule has 0 fully saturated rings. The summed E-state index contributed by atoms with van der Waals surface area (Å²) < 4.78 is 39.2. The summed E-state index contributed by atoms with van der Waals surface area (Å²) in [4.78, 5) is 16.4. The molecule has 0 aliphatic carbocycles. The zero-order valence-corrected chi connectivity index (χ0v) is 14.3. The number of carbonyl (C=O) groups excluding carboxylic acids is 1. The minimum absolute atomic E-state index is 0.0661. The van der Waals surface area contributed by atoms with Crippen LogP contribution in [0.25, 0.3) is 0 Å². The highest BCUT2D eigenvalue weighted by Crippen LogP contribution is 2.34. The third-order valence-electron chi connectivity index (χ3n) is 3.81. The zero-order valence-electron chi connectivity index (χ0n) is 14.3. The molecule has 5 nitrogen and oxygen atoms in total. The number of carbonyl (C=O) groups is 1. The molecule has 1 aromatic heterocycles. The van der Waals surface area contributed by atoms with Crippen molar-refractivity contribution >= 4 is 23.0 Å². The number of benzene rings is 2. The quantitative estimate of drug-likeness (QED) is 0.668. The van der Waals surface area contributed by atoms with E-state index < -0.39 is 17.6 Å². The first-order valence-electron chi connectivity index (χ1n) is 8.07. The molecule has 28 heavy (non-hydrogen) atoms. The summed E-state index contributed by atoms with van der Waals surface area (Å²) in [6.45, 7) is 0. The molecule has 140 valence electrons. The maximum atomic E-state index is 13.1. The van der Waals surface area contributed by atoms with Crippen molar-refractivity contribution < 1.29 is 18.0 Å². The molecule has 0 aliphatic heterocycles. The second kappa shape index (κ2) is 7.80. The van der Waals surface area contributed by atoms with Crippen LogP contribution in [0.15, 0.2) is 67.0 Å². The topological polar surface area (TPSA) is 77.8 Å². The Bertz CT molecular complexity index is 1060. The van der Waals surface area contributed by atoms with Gasteiger partial charge in [-0.05, 0) is 30.3 Å². The Balaban J connectivity index is 1.83. The van der Waals surface area contributed by atoms with E-state index in [1.165, 1.54) is 36.7 Å². The smallest absolute Gasteiger partial charge is 0.353 e. The summed E-state index contributed by atoms with van der Waals surface area (Å²) in [5.41, 5.74) is 0.126. The van der Waals surface area contributed by atoms with Gasteiger partial charge in [0, 0.05) is 6.20 Å². The number of nitrogens with one attached hydrogen (secondary N) is 2. The second-order valence-corrected chi connectivity index (χ2v) is 5.74. The average molecular weight is 382 g/mol. The Morgan fingerprint density at radius 2 is 1.68 bits per heavy atom. The van der Waals surface area contributed by atoms with Crippen molar-refractivity contribution in [2.45, 2.75) is 6.18 Å². The van der Waals surface area contributed by atoms with E-state index in [4.69, 9.17) is 5.26 Å². The molecule has 0 aliphatic rings. The van der Waals surface area contributed by atoms with Crippen molar-refractivity contribution in [2.75, 3.05) is 10.6 Å². The predicted molar refractivity (Wildman–Crippen MR) is 98.1 cm³/mol. The largest absolute Gasteiger partial charge is 0.418 e. The standard InChI is InChI=1S/C20H13F3N4O/c21-20(22,23)16-6-2-4-8-18(16)27-19(28)14-9-15(12-25-11-14)26-17-7-3-1-5-13(17)10-24/h1-9,11-12,26H,(H,27,28). The van der Waals surface area contributed by atoms with Gasteiger partial charge in [0.25, 0.3) is 5.91 Å². The van der Waals surface area contributed by atoms with E-state index in [1.54, 1.807) is 24.3 Å². The molecule has 1 amide bonds. The van der Waals surface area contributed by atoms with Crippen LogP contribution in [0.3, 0.4) is 0 Å². The number of aromatic nitrogens is 1. The Labute approximate surface area is 158 Å². The van der Waals surface area contributed by atoms with Crippen LogP contribution >= 0.6 is 0 Å². The summed E-state index contributed by atoms with van der Waals surface area (Å²) in [5.74, 6) is -0.735. The van der Waals surface area contributed by atoms with Crippen LogP contribution in [0.1, 0.15) is 21.5 Å². The number of halogens is 3. The lowest BCUT2D eigenvalue weighted by atomic mass is 10.1. The number of rotatable bonds is 4. The van der Waals surface area contributed by atoms with Gasteiger partial charge < -0.3 is 10.6 Å². The maximum Gasteiger partial charge on any atom is 0.418 e. The molecule has 0 atom stereocenters. The van der Waals surface area contributed by atoms with Gasteiger partial charge in [-0.25, -0.2) is 0 Å².